The van der Waals surface area contributed by atoms with E-state index in [4.69, 9.17) is 0 Å². The van der Waals surface area contributed by atoms with Crippen molar-refractivity contribution in [2.24, 2.45) is 7.05 Å². The van der Waals surface area contributed by atoms with Gasteiger partial charge in [-0.25, -0.2) is 4.39 Å². The topological polar surface area (TPSA) is 17.8 Å². The van der Waals surface area contributed by atoms with Crippen LogP contribution in [0.4, 0.5) is 4.39 Å². The van der Waals surface area contributed by atoms with Crippen molar-refractivity contribution < 1.29 is 4.39 Å². The molecule has 0 amide bonds. The van der Waals surface area contributed by atoms with E-state index < -0.39 is 0 Å². The van der Waals surface area contributed by atoms with Crippen molar-refractivity contribution in [1.29, 1.82) is 0 Å². The molecule has 0 N–H and O–H groups in total. The minimum atomic E-state index is -0.175. The van der Waals surface area contributed by atoms with E-state index in [1.807, 2.05) is 26.1 Å². The van der Waals surface area contributed by atoms with Gasteiger partial charge in [0.15, 0.2) is 0 Å². The van der Waals surface area contributed by atoms with Crippen LogP contribution in [0.5, 0.6) is 0 Å². The fraction of sp³-hybridized carbons (Fsp3) is 0.250. The molecule has 0 radical (unpaired) electrons. The number of nitrogens with zero attached hydrogens (tertiary/aromatic N) is 2. The molecule has 0 spiro atoms. The number of aryl methyl sites for hydroxylation is 3. The highest BCUT2D eigenvalue weighted by Gasteiger charge is 2.06. The largest absolute Gasteiger partial charge is 0.268 e. The number of halogens is 1. The van der Waals surface area contributed by atoms with E-state index in [-0.39, 0.29) is 5.82 Å². The third kappa shape index (κ3) is 1.77. The smallest absolute Gasteiger partial charge is 0.126 e. The van der Waals surface area contributed by atoms with Gasteiger partial charge >= 0.3 is 0 Å². The summed E-state index contributed by atoms with van der Waals surface area (Å²) in [6.45, 7) is 3.68. The van der Waals surface area contributed by atoms with Crippen LogP contribution in [0.2, 0.25) is 0 Å². The second-order valence-corrected chi connectivity index (χ2v) is 3.76. The van der Waals surface area contributed by atoms with Crippen molar-refractivity contribution in [3.05, 3.63) is 41.3 Å². The van der Waals surface area contributed by atoms with E-state index in [0.29, 0.717) is 5.56 Å². The molecule has 0 fully saturated rings. The van der Waals surface area contributed by atoms with Gasteiger partial charge in [-0.2, -0.15) is 5.10 Å². The van der Waals surface area contributed by atoms with Gasteiger partial charge in [-0.1, -0.05) is 12.1 Å². The molecule has 15 heavy (non-hydrogen) atoms. The molecular weight excluding hydrogens is 191 g/mol. The third-order valence-electron chi connectivity index (χ3n) is 2.47. The lowest BCUT2D eigenvalue weighted by molar-refractivity contribution is 0.618. The van der Waals surface area contributed by atoms with Crippen molar-refractivity contribution in [3.8, 4) is 11.3 Å². The van der Waals surface area contributed by atoms with Crippen molar-refractivity contribution in [1.82, 2.24) is 9.78 Å². The van der Waals surface area contributed by atoms with E-state index >= 15 is 0 Å². The molecule has 0 aliphatic rings. The quantitative estimate of drug-likeness (QED) is 0.698. The van der Waals surface area contributed by atoms with Crippen LogP contribution >= 0.6 is 0 Å². The molecule has 0 aliphatic heterocycles. The highest BCUT2D eigenvalue weighted by atomic mass is 19.1. The molecule has 2 nitrogen and oxygen atoms in total. The summed E-state index contributed by atoms with van der Waals surface area (Å²) in [6.07, 6.45) is 0. The predicted molar refractivity (Wildman–Crippen MR) is 58.1 cm³/mol. The molecule has 2 aromatic rings. The summed E-state index contributed by atoms with van der Waals surface area (Å²) < 4.78 is 15.1. The Morgan fingerprint density at radius 1 is 1.20 bits per heavy atom. The number of aromatic nitrogens is 2. The van der Waals surface area contributed by atoms with Crippen LogP contribution in [-0.2, 0) is 7.05 Å². The first-order chi connectivity index (χ1) is 7.08. The lowest BCUT2D eigenvalue weighted by Gasteiger charge is -2.03. The minimum absolute atomic E-state index is 0.175. The van der Waals surface area contributed by atoms with Crippen LogP contribution in [0.3, 0.4) is 0 Å². The Hall–Kier alpha value is -1.64. The molecule has 0 aliphatic carbocycles. The summed E-state index contributed by atoms with van der Waals surface area (Å²) in [7, 11) is 1.86. The number of hydrogen-bond donors (Lipinski definition) is 0. The Balaban J connectivity index is 2.54. The number of hydrogen-bond acceptors (Lipinski definition) is 1. The molecular formula is C12H13FN2. The van der Waals surface area contributed by atoms with E-state index in [1.165, 1.54) is 0 Å². The van der Waals surface area contributed by atoms with E-state index in [1.54, 1.807) is 23.7 Å². The van der Waals surface area contributed by atoms with Crippen molar-refractivity contribution in [3.63, 3.8) is 0 Å². The van der Waals surface area contributed by atoms with Gasteiger partial charge in [-0.05, 0) is 31.5 Å². The molecule has 0 atom stereocenters. The normalized spacial score (nSPS) is 10.7. The van der Waals surface area contributed by atoms with Crippen LogP contribution in [0, 0.1) is 19.7 Å². The summed E-state index contributed by atoms with van der Waals surface area (Å²) >= 11 is 0. The SMILES string of the molecule is Cc1cc(-c2ccc(C)c(F)c2)n(C)n1. The molecule has 0 saturated heterocycles. The molecule has 0 bridgehead atoms. The first-order valence-electron chi connectivity index (χ1n) is 4.85. The zero-order chi connectivity index (χ0) is 11.0. The highest BCUT2D eigenvalue weighted by Crippen LogP contribution is 2.21. The second kappa shape index (κ2) is 3.50. The van der Waals surface area contributed by atoms with Crippen LogP contribution in [0.25, 0.3) is 11.3 Å². The summed E-state index contributed by atoms with van der Waals surface area (Å²) in [5, 5.41) is 4.23. The monoisotopic (exact) mass is 204 g/mol. The van der Waals surface area contributed by atoms with Crippen LogP contribution in [0.15, 0.2) is 24.3 Å². The zero-order valence-corrected chi connectivity index (χ0v) is 9.08. The Bertz CT molecular complexity index is 500. The molecule has 3 heteroatoms. The minimum Gasteiger partial charge on any atom is -0.268 e. The average Bonchev–Trinajstić information content (AvgIpc) is 2.50. The van der Waals surface area contributed by atoms with Gasteiger partial charge in [0.2, 0.25) is 0 Å². The molecule has 78 valence electrons. The molecule has 0 unspecified atom stereocenters. The number of benzene rings is 1. The molecule has 1 heterocycles. The summed E-state index contributed by atoms with van der Waals surface area (Å²) in [5.74, 6) is -0.175. The first-order valence-corrected chi connectivity index (χ1v) is 4.85. The Labute approximate surface area is 88.4 Å². The predicted octanol–water partition coefficient (Wildman–Crippen LogP) is 2.84. The molecule has 0 saturated carbocycles. The van der Waals surface area contributed by atoms with Crippen molar-refractivity contribution in [2.45, 2.75) is 13.8 Å². The maximum absolute atomic E-state index is 13.4. The Morgan fingerprint density at radius 3 is 2.47 bits per heavy atom. The average molecular weight is 204 g/mol. The van der Waals surface area contributed by atoms with Crippen molar-refractivity contribution in [2.75, 3.05) is 0 Å². The van der Waals surface area contributed by atoms with Gasteiger partial charge in [0.05, 0.1) is 11.4 Å². The summed E-state index contributed by atoms with van der Waals surface area (Å²) in [6, 6.07) is 7.19. The van der Waals surface area contributed by atoms with Crippen LogP contribution in [0.1, 0.15) is 11.3 Å². The standard InChI is InChI=1S/C12H13FN2/c1-8-4-5-10(7-11(8)13)12-6-9(2)14-15(12)3/h4-7H,1-3H3. The van der Waals surface area contributed by atoms with Crippen molar-refractivity contribution >= 4 is 0 Å². The lowest BCUT2D eigenvalue weighted by Crippen LogP contribution is -1.94. The molecule has 1 aromatic carbocycles. The zero-order valence-electron chi connectivity index (χ0n) is 9.08. The lowest BCUT2D eigenvalue weighted by atomic mass is 10.1. The fourth-order valence-electron chi connectivity index (χ4n) is 1.63. The highest BCUT2D eigenvalue weighted by molar-refractivity contribution is 5.60. The molecule has 2 rings (SSSR count). The first kappa shape index (κ1) is 9.90. The van der Waals surface area contributed by atoms with E-state index in [2.05, 4.69) is 5.10 Å². The third-order valence-corrected chi connectivity index (χ3v) is 2.47. The van der Waals surface area contributed by atoms with Crippen LogP contribution < -0.4 is 0 Å². The summed E-state index contributed by atoms with van der Waals surface area (Å²) in [5.41, 5.74) is 3.40. The Kier molecular flexibility index (Phi) is 2.31. The van der Waals surface area contributed by atoms with E-state index in [9.17, 15) is 4.39 Å². The maximum atomic E-state index is 13.4. The van der Waals surface area contributed by atoms with E-state index in [0.717, 1.165) is 17.0 Å². The number of rotatable bonds is 1. The van der Waals surface area contributed by atoms with Gasteiger partial charge in [-0.15, -0.1) is 0 Å². The fourth-order valence-corrected chi connectivity index (χ4v) is 1.63. The Morgan fingerprint density at radius 2 is 1.93 bits per heavy atom. The molecule has 1 aromatic heterocycles. The van der Waals surface area contributed by atoms with Gasteiger partial charge < -0.3 is 0 Å². The second-order valence-electron chi connectivity index (χ2n) is 3.76. The maximum Gasteiger partial charge on any atom is 0.126 e. The van der Waals surface area contributed by atoms with Gasteiger partial charge in [0.25, 0.3) is 0 Å². The van der Waals surface area contributed by atoms with Gasteiger partial charge in [-0.3, -0.25) is 4.68 Å². The van der Waals surface area contributed by atoms with Crippen LogP contribution in [-0.4, -0.2) is 9.78 Å². The van der Waals surface area contributed by atoms with Gasteiger partial charge in [0.1, 0.15) is 5.82 Å². The summed E-state index contributed by atoms with van der Waals surface area (Å²) in [4.78, 5) is 0. The van der Waals surface area contributed by atoms with Gasteiger partial charge in [0, 0.05) is 12.6 Å².